The van der Waals surface area contributed by atoms with Gasteiger partial charge in [-0.05, 0) is 56.0 Å². The van der Waals surface area contributed by atoms with Crippen molar-refractivity contribution in [3.05, 3.63) is 66.0 Å². The maximum Gasteiger partial charge on any atom is 0.255 e. The fraction of sp³-hybridized carbons (Fsp3) is 0.414. The highest BCUT2D eigenvalue weighted by Gasteiger charge is 2.18. The number of nitrogens with one attached hydrogen (secondary N) is 2. The van der Waals surface area contributed by atoms with Crippen LogP contribution in [0.1, 0.15) is 36.0 Å². The molecule has 1 unspecified atom stereocenters. The molecule has 3 N–H and O–H groups in total. The lowest BCUT2D eigenvalue weighted by Crippen LogP contribution is -2.50. The van der Waals surface area contributed by atoms with Gasteiger partial charge in [-0.3, -0.25) is 15.0 Å². The van der Waals surface area contributed by atoms with Crippen LogP contribution in [0.4, 0.5) is 15.8 Å². The van der Waals surface area contributed by atoms with Gasteiger partial charge in [0.25, 0.3) is 5.91 Å². The van der Waals surface area contributed by atoms with Crippen molar-refractivity contribution in [1.82, 2.24) is 10.2 Å². The van der Waals surface area contributed by atoms with Gasteiger partial charge in [0, 0.05) is 67.0 Å². The number of carbonyl (C=O) groups excluding carboxylic acids is 1. The highest BCUT2D eigenvalue weighted by Crippen LogP contribution is 2.32. The summed E-state index contributed by atoms with van der Waals surface area (Å²) in [7, 11) is 0. The number of piperazine rings is 1. The van der Waals surface area contributed by atoms with Gasteiger partial charge in [-0.2, -0.15) is 0 Å². The van der Waals surface area contributed by atoms with Crippen molar-refractivity contribution in [3.63, 3.8) is 0 Å². The van der Waals surface area contributed by atoms with Gasteiger partial charge in [-0.1, -0.05) is 24.3 Å². The maximum absolute atomic E-state index is 14.4. The van der Waals surface area contributed by atoms with Crippen LogP contribution in [0.3, 0.4) is 0 Å². The highest BCUT2D eigenvalue weighted by atomic mass is 19.1. The molecule has 1 amide bonds. The molecule has 8 heteroatoms. The first-order chi connectivity index (χ1) is 18.1. The van der Waals surface area contributed by atoms with Crippen LogP contribution in [-0.2, 0) is 0 Å². The Kier molecular flexibility index (Phi) is 8.18. The van der Waals surface area contributed by atoms with E-state index in [0.29, 0.717) is 24.4 Å². The number of piperidine rings is 1. The zero-order valence-corrected chi connectivity index (χ0v) is 21.1. The van der Waals surface area contributed by atoms with Crippen molar-refractivity contribution in [2.24, 2.45) is 0 Å². The van der Waals surface area contributed by atoms with Crippen LogP contribution in [0.25, 0.3) is 10.8 Å². The largest absolute Gasteiger partial charge is 0.493 e. The Morgan fingerprint density at radius 1 is 1.05 bits per heavy atom. The quantitative estimate of drug-likeness (QED) is 0.398. The molecule has 0 saturated carbocycles. The number of anilines is 2. The van der Waals surface area contributed by atoms with E-state index in [1.165, 1.54) is 18.6 Å². The summed E-state index contributed by atoms with van der Waals surface area (Å²) in [5.41, 5.74) is 1.73. The summed E-state index contributed by atoms with van der Waals surface area (Å²) in [4.78, 5) is 17.5. The molecule has 5 rings (SSSR count). The van der Waals surface area contributed by atoms with Gasteiger partial charge in [-0.15, -0.1) is 0 Å². The number of benzene rings is 3. The number of hydrogen-bond donors (Lipinski definition) is 3. The van der Waals surface area contributed by atoms with Crippen LogP contribution in [-0.4, -0.2) is 68.0 Å². The summed E-state index contributed by atoms with van der Waals surface area (Å²) < 4.78 is 20.5. The third-order valence-corrected chi connectivity index (χ3v) is 7.11. The van der Waals surface area contributed by atoms with Crippen molar-refractivity contribution in [2.45, 2.75) is 31.9 Å². The second-order valence-corrected chi connectivity index (χ2v) is 9.83. The molecular formula is C29H35FN4O3. The Labute approximate surface area is 217 Å². The summed E-state index contributed by atoms with van der Waals surface area (Å²) >= 11 is 0. The smallest absolute Gasteiger partial charge is 0.255 e. The number of ether oxygens (including phenoxy) is 1. The molecular weight excluding hydrogens is 471 g/mol. The van der Waals surface area contributed by atoms with E-state index < -0.39 is 12.0 Å². The van der Waals surface area contributed by atoms with E-state index in [0.717, 1.165) is 74.2 Å². The monoisotopic (exact) mass is 506 g/mol. The number of nitrogens with zero attached hydrogens (tertiary/aromatic N) is 2. The first kappa shape index (κ1) is 25.4. The molecule has 2 fully saturated rings. The number of fused-ring (bicyclic) bond motifs is 1. The molecule has 2 aliphatic heterocycles. The van der Waals surface area contributed by atoms with Crippen LogP contribution in [0.2, 0.25) is 0 Å². The third kappa shape index (κ3) is 6.39. The number of β-amino-alcohol motifs (C(OH)–C–C–N with tert-alkyl or cyclic N) is 1. The van der Waals surface area contributed by atoms with Crippen LogP contribution in [0.5, 0.6) is 5.75 Å². The normalized spacial score (nSPS) is 18.6. The zero-order chi connectivity index (χ0) is 25.6. The Hall–Kier alpha value is -3.20. The predicted octanol–water partition coefficient (Wildman–Crippen LogP) is 4.21. The van der Waals surface area contributed by atoms with Crippen molar-refractivity contribution >= 4 is 28.1 Å². The number of halogens is 1. The lowest BCUT2D eigenvalue weighted by atomic mass is 10.1. The molecule has 2 aliphatic rings. The van der Waals surface area contributed by atoms with E-state index in [-0.39, 0.29) is 5.91 Å². The first-order valence-corrected chi connectivity index (χ1v) is 13.2. The second kappa shape index (κ2) is 11.9. The second-order valence-electron chi connectivity index (χ2n) is 9.83. The minimum absolute atomic E-state index is 0.308. The predicted molar refractivity (Wildman–Crippen MR) is 145 cm³/mol. The van der Waals surface area contributed by atoms with Crippen molar-refractivity contribution < 1.29 is 19.0 Å². The number of rotatable bonds is 8. The highest BCUT2D eigenvalue weighted by molar-refractivity contribution is 6.10. The summed E-state index contributed by atoms with van der Waals surface area (Å²) in [5.74, 6) is 0.0130. The molecule has 0 aromatic heterocycles. The molecule has 7 nitrogen and oxygen atoms in total. The molecule has 1 atom stereocenters. The molecule has 196 valence electrons. The molecule has 3 aromatic rings. The van der Waals surface area contributed by atoms with Gasteiger partial charge in [0.05, 0.1) is 6.61 Å². The van der Waals surface area contributed by atoms with Crippen molar-refractivity contribution in [1.29, 1.82) is 0 Å². The lowest BCUT2D eigenvalue weighted by Gasteiger charge is -2.30. The standard InChI is InChI=1S/C29H35FN4O3/c30-22-17-21(18-23(19-22)34-13-4-1-5-14-34)29(36)32-26-9-10-27(25-8-3-2-7-24(25)26)37-16-6-12-33-15-11-31-28(35)20-33/h2-3,7-10,17-19,28,31,35H,1,4-6,11-16,20H2,(H,32,36). The SMILES string of the molecule is O=C(Nc1ccc(OCCCN2CCNC(O)C2)c2ccccc12)c1cc(F)cc(N2CCCCC2)c1. The van der Waals surface area contributed by atoms with Crippen molar-refractivity contribution in [2.75, 3.05) is 56.1 Å². The van der Waals surface area contributed by atoms with Crippen LogP contribution in [0.15, 0.2) is 54.6 Å². The van der Waals surface area contributed by atoms with Gasteiger partial charge >= 0.3 is 0 Å². The first-order valence-electron chi connectivity index (χ1n) is 13.2. The van der Waals surface area contributed by atoms with Gasteiger partial charge < -0.3 is 20.1 Å². The van der Waals surface area contributed by atoms with Gasteiger partial charge in [0.15, 0.2) is 0 Å². The van der Waals surface area contributed by atoms with Gasteiger partial charge in [0.1, 0.15) is 17.8 Å². The van der Waals surface area contributed by atoms with E-state index in [4.69, 9.17) is 4.74 Å². The number of hydrogen-bond acceptors (Lipinski definition) is 6. The van der Waals surface area contributed by atoms with Gasteiger partial charge in [-0.25, -0.2) is 4.39 Å². The summed E-state index contributed by atoms with van der Waals surface area (Å²) in [6, 6.07) is 16.1. The maximum atomic E-state index is 14.4. The Morgan fingerprint density at radius 2 is 1.86 bits per heavy atom. The number of aliphatic hydroxyl groups is 1. The van der Waals surface area contributed by atoms with E-state index in [2.05, 4.69) is 20.4 Å². The van der Waals surface area contributed by atoms with Crippen molar-refractivity contribution in [3.8, 4) is 5.75 Å². The summed E-state index contributed by atoms with van der Waals surface area (Å²) in [6.07, 6.45) is 3.73. The lowest BCUT2D eigenvalue weighted by molar-refractivity contribution is 0.0523. The van der Waals surface area contributed by atoms with Crippen LogP contribution < -0.4 is 20.3 Å². The number of amides is 1. The van der Waals surface area contributed by atoms with Crippen LogP contribution >= 0.6 is 0 Å². The molecule has 2 heterocycles. The number of aliphatic hydroxyl groups excluding tert-OH is 1. The Balaban J connectivity index is 1.26. The minimum atomic E-state index is -0.467. The van der Waals surface area contributed by atoms with Crippen LogP contribution in [0, 0.1) is 5.82 Å². The van der Waals surface area contributed by atoms with E-state index in [9.17, 15) is 14.3 Å². The molecule has 0 spiro atoms. The molecule has 37 heavy (non-hydrogen) atoms. The molecule has 0 aliphatic carbocycles. The van der Waals surface area contributed by atoms with E-state index in [1.807, 2.05) is 36.4 Å². The van der Waals surface area contributed by atoms with E-state index in [1.54, 1.807) is 6.07 Å². The Bertz CT molecular complexity index is 1230. The molecule has 3 aromatic carbocycles. The minimum Gasteiger partial charge on any atom is -0.493 e. The average Bonchev–Trinajstić information content (AvgIpc) is 2.92. The Morgan fingerprint density at radius 3 is 2.68 bits per heavy atom. The average molecular weight is 507 g/mol. The molecule has 2 saturated heterocycles. The van der Waals surface area contributed by atoms with E-state index >= 15 is 0 Å². The molecule has 0 bridgehead atoms. The molecule has 0 radical (unpaired) electrons. The zero-order valence-electron chi connectivity index (χ0n) is 21.1. The topological polar surface area (TPSA) is 77.1 Å². The fourth-order valence-electron chi connectivity index (χ4n) is 5.20. The third-order valence-electron chi connectivity index (χ3n) is 7.11. The summed E-state index contributed by atoms with van der Waals surface area (Å²) in [6.45, 7) is 5.51. The fourth-order valence-corrected chi connectivity index (χ4v) is 5.20. The van der Waals surface area contributed by atoms with Gasteiger partial charge in [0.2, 0.25) is 0 Å². The number of carbonyl (C=O) groups is 1. The summed E-state index contributed by atoms with van der Waals surface area (Å²) in [5, 5.41) is 17.5.